The summed E-state index contributed by atoms with van der Waals surface area (Å²) < 4.78 is 0. The Bertz CT molecular complexity index is 511. The van der Waals surface area contributed by atoms with E-state index in [4.69, 9.17) is 40.7 Å². The zero-order valence-electron chi connectivity index (χ0n) is 8.83. The zero-order chi connectivity index (χ0) is 13.0. The number of carbonyl (C=O) groups excluding carboxylic acids is 1. The Labute approximate surface area is 114 Å². The lowest BCUT2D eigenvalue weighted by atomic mass is 10.1. The average molecular weight is 287 g/mol. The van der Waals surface area contributed by atoms with Crippen LogP contribution in [0.4, 0.5) is 5.69 Å². The third-order valence-corrected chi connectivity index (χ3v) is 2.87. The average Bonchev–Trinajstić information content (AvgIpc) is 2.22. The Morgan fingerprint density at radius 1 is 1.53 bits per heavy atom. The molecule has 0 aliphatic rings. The van der Waals surface area contributed by atoms with Crippen LogP contribution in [0.5, 0.6) is 0 Å². The molecule has 17 heavy (non-hydrogen) atoms. The number of rotatable bonds is 3. The van der Waals surface area contributed by atoms with Gasteiger partial charge in [0, 0.05) is 5.02 Å². The number of anilines is 1. The van der Waals surface area contributed by atoms with Crippen LogP contribution in [0.15, 0.2) is 18.2 Å². The maximum atomic E-state index is 11.1. The summed E-state index contributed by atoms with van der Waals surface area (Å²) in [6, 6.07) is 6.64. The van der Waals surface area contributed by atoms with Gasteiger partial charge in [0.05, 0.1) is 16.8 Å². The molecule has 88 valence electrons. The Kier molecular flexibility index (Phi) is 4.88. The van der Waals surface area contributed by atoms with Crippen molar-refractivity contribution >= 4 is 51.9 Å². The predicted molar refractivity (Wildman–Crippen MR) is 72.5 cm³/mol. The van der Waals surface area contributed by atoms with Gasteiger partial charge >= 0.3 is 0 Å². The number of nitrogens with one attached hydrogen (secondary N) is 1. The van der Waals surface area contributed by atoms with Crippen molar-refractivity contribution in [2.45, 2.75) is 6.92 Å². The molecule has 0 fully saturated rings. The van der Waals surface area contributed by atoms with Gasteiger partial charge < -0.3 is 5.32 Å². The fourth-order valence-corrected chi connectivity index (χ4v) is 1.91. The summed E-state index contributed by atoms with van der Waals surface area (Å²) in [4.78, 5) is 11.3. The third-order valence-electron chi connectivity index (χ3n) is 1.99. The SMILES string of the molecule is CC(=O)C(C#N)C(=S)Nc1ccc(Cl)cc1Cl. The van der Waals surface area contributed by atoms with Gasteiger partial charge in [-0.2, -0.15) is 5.26 Å². The van der Waals surface area contributed by atoms with Crippen molar-refractivity contribution in [3.8, 4) is 6.07 Å². The van der Waals surface area contributed by atoms with Crippen LogP contribution in [0.2, 0.25) is 10.0 Å². The van der Waals surface area contributed by atoms with Gasteiger partial charge in [0.25, 0.3) is 0 Å². The zero-order valence-corrected chi connectivity index (χ0v) is 11.2. The normalized spacial score (nSPS) is 11.4. The van der Waals surface area contributed by atoms with Crippen molar-refractivity contribution in [3.05, 3.63) is 28.2 Å². The van der Waals surface area contributed by atoms with Gasteiger partial charge in [-0.25, -0.2) is 0 Å². The van der Waals surface area contributed by atoms with Crippen LogP contribution in [0.1, 0.15) is 6.92 Å². The maximum absolute atomic E-state index is 11.1. The first-order valence-corrected chi connectivity index (χ1v) is 5.78. The second-order valence-electron chi connectivity index (χ2n) is 3.29. The Morgan fingerprint density at radius 3 is 2.65 bits per heavy atom. The van der Waals surface area contributed by atoms with Crippen molar-refractivity contribution in [3.63, 3.8) is 0 Å². The van der Waals surface area contributed by atoms with Crippen LogP contribution >= 0.6 is 35.4 Å². The number of ketones is 1. The van der Waals surface area contributed by atoms with Gasteiger partial charge in [0.15, 0.2) is 11.7 Å². The lowest BCUT2D eigenvalue weighted by molar-refractivity contribution is -0.117. The molecule has 0 radical (unpaired) electrons. The molecule has 0 aliphatic heterocycles. The monoisotopic (exact) mass is 286 g/mol. The lowest BCUT2D eigenvalue weighted by Crippen LogP contribution is -2.25. The van der Waals surface area contributed by atoms with Gasteiger partial charge in [0.1, 0.15) is 4.99 Å². The van der Waals surface area contributed by atoms with Gasteiger partial charge in [-0.1, -0.05) is 35.4 Å². The van der Waals surface area contributed by atoms with E-state index < -0.39 is 5.92 Å². The molecule has 6 heteroatoms. The van der Waals surface area contributed by atoms with E-state index in [1.54, 1.807) is 18.2 Å². The largest absolute Gasteiger partial charge is 0.347 e. The number of benzene rings is 1. The number of halogens is 2. The minimum absolute atomic E-state index is 0.129. The molecular formula is C11H8Cl2N2OS. The van der Waals surface area contributed by atoms with Crippen LogP contribution in [0, 0.1) is 17.2 Å². The van der Waals surface area contributed by atoms with E-state index in [0.717, 1.165) is 0 Å². The van der Waals surface area contributed by atoms with E-state index in [1.807, 2.05) is 6.07 Å². The predicted octanol–water partition coefficient (Wildman–Crippen LogP) is 3.46. The minimum Gasteiger partial charge on any atom is -0.347 e. The topological polar surface area (TPSA) is 52.9 Å². The summed E-state index contributed by atoms with van der Waals surface area (Å²) >= 11 is 16.6. The summed E-state index contributed by atoms with van der Waals surface area (Å²) in [6.07, 6.45) is 0. The second-order valence-corrected chi connectivity index (χ2v) is 4.57. The molecule has 0 bridgehead atoms. The molecule has 0 spiro atoms. The number of nitriles is 1. The van der Waals surface area contributed by atoms with E-state index in [2.05, 4.69) is 5.32 Å². The first-order valence-electron chi connectivity index (χ1n) is 4.61. The van der Waals surface area contributed by atoms with Crippen molar-refractivity contribution in [1.29, 1.82) is 5.26 Å². The molecule has 0 saturated carbocycles. The number of hydrogen-bond donors (Lipinski definition) is 1. The summed E-state index contributed by atoms with van der Waals surface area (Å²) in [5, 5.41) is 12.4. The quantitative estimate of drug-likeness (QED) is 0.865. The second kappa shape index (κ2) is 5.97. The molecule has 1 unspecified atom stereocenters. The van der Waals surface area contributed by atoms with Gasteiger partial charge in [-0.05, 0) is 25.1 Å². The van der Waals surface area contributed by atoms with Crippen LogP contribution < -0.4 is 5.32 Å². The van der Waals surface area contributed by atoms with Gasteiger partial charge in [0.2, 0.25) is 0 Å². The van der Waals surface area contributed by atoms with E-state index in [-0.39, 0.29) is 10.8 Å². The third kappa shape index (κ3) is 3.67. The van der Waals surface area contributed by atoms with Crippen molar-refractivity contribution in [1.82, 2.24) is 0 Å². The molecule has 1 aromatic rings. The molecule has 0 amide bonds. The smallest absolute Gasteiger partial charge is 0.155 e. The molecular weight excluding hydrogens is 279 g/mol. The minimum atomic E-state index is -0.961. The van der Waals surface area contributed by atoms with Crippen molar-refractivity contribution in [2.75, 3.05) is 5.32 Å². The van der Waals surface area contributed by atoms with Crippen LogP contribution in [0.25, 0.3) is 0 Å². The van der Waals surface area contributed by atoms with Crippen LogP contribution in [-0.4, -0.2) is 10.8 Å². The van der Waals surface area contributed by atoms with Crippen LogP contribution in [-0.2, 0) is 4.79 Å². The fraction of sp³-hybridized carbons (Fsp3) is 0.182. The highest BCUT2D eigenvalue weighted by molar-refractivity contribution is 7.80. The van der Waals surface area contributed by atoms with Crippen molar-refractivity contribution in [2.24, 2.45) is 5.92 Å². The Hall–Kier alpha value is -1.15. The van der Waals surface area contributed by atoms with Gasteiger partial charge in [-0.3, -0.25) is 4.79 Å². The molecule has 1 N–H and O–H groups in total. The number of hydrogen-bond acceptors (Lipinski definition) is 3. The van der Waals surface area contributed by atoms with Gasteiger partial charge in [-0.15, -0.1) is 0 Å². The molecule has 1 atom stereocenters. The lowest BCUT2D eigenvalue weighted by Gasteiger charge is -2.12. The van der Waals surface area contributed by atoms with E-state index in [9.17, 15) is 4.79 Å². The standard InChI is InChI=1S/C11H8Cl2N2OS/c1-6(16)8(5-14)11(17)15-10-3-2-7(12)4-9(10)13/h2-4,8H,1H3,(H,15,17). The maximum Gasteiger partial charge on any atom is 0.155 e. The summed E-state index contributed by atoms with van der Waals surface area (Å²) in [5.74, 6) is -1.27. The molecule has 3 nitrogen and oxygen atoms in total. The molecule has 0 aliphatic carbocycles. The highest BCUT2D eigenvalue weighted by Crippen LogP contribution is 2.26. The molecule has 0 saturated heterocycles. The summed E-state index contributed by atoms with van der Waals surface area (Å²) in [6.45, 7) is 1.31. The highest BCUT2D eigenvalue weighted by atomic mass is 35.5. The van der Waals surface area contributed by atoms with Crippen LogP contribution in [0.3, 0.4) is 0 Å². The van der Waals surface area contributed by atoms with E-state index >= 15 is 0 Å². The number of Topliss-reactive ketones (excluding diaryl/α,β-unsaturated/α-hetero) is 1. The summed E-state index contributed by atoms with van der Waals surface area (Å²) in [7, 11) is 0. The first kappa shape index (κ1) is 13.9. The summed E-state index contributed by atoms with van der Waals surface area (Å²) in [5.41, 5.74) is 0.516. The fourth-order valence-electron chi connectivity index (χ4n) is 1.13. The van der Waals surface area contributed by atoms with Crippen molar-refractivity contribution < 1.29 is 4.79 Å². The molecule has 0 aromatic heterocycles. The molecule has 1 aromatic carbocycles. The number of nitrogens with zero attached hydrogens (tertiary/aromatic N) is 1. The van der Waals surface area contributed by atoms with E-state index in [0.29, 0.717) is 15.7 Å². The molecule has 1 rings (SSSR count). The Morgan fingerprint density at radius 2 is 2.18 bits per heavy atom. The molecule has 0 heterocycles. The van der Waals surface area contributed by atoms with E-state index in [1.165, 1.54) is 6.92 Å². The number of carbonyl (C=O) groups is 1. The Balaban J connectivity index is 2.88. The first-order chi connectivity index (χ1) is 7.95. The highest BCUT2D eigenvalue weighted by Gasteiger charge is 2.19. The number of thiocarbonyl (C=S) groups is 1.